The fraction of sp³-hybridized carbons (Fsp3) is 0.609. The molecule has 1 aromatic carbocycles. The fourth-order valence-electron chi connectivity index (χ4n) is 5.11. The molecule has 3 fully saturated rings. The predicted octanol–water partition coefficient (Wildman–Crippen LogP) is 2.50. The van der Waals surface area contributed by atoms with Crippen molar-refractivity contribution < 1.29 is 14.4 Å². The summed E-state index contributed by atoms with van der Waals surface area (Å²) in [6.45, 7) is 3.41. The Morgan fingerprint density at radius 1 is 1.03 bits per heavy atom. The van der Waals surface area contributed by atoms with Gasteiger partial charge >= 0.3 is 6.03 Å². The van der Waals surface area contributed by atoms with Gasteiger partial charge in [-0.05, 0) is 49.9 Å². The molecule has 1 saturated carbocycles. The molecule has 162 valence electrons. The van der Waals surface area contributed by atoms with E-state index in [1.165, 1.54) is 18.4 Å². The molecule has 0 unspecified atom stereocenters. The molecule has 1 aliphatic carbocycles. The first-order chi connectivity index (χ1) is 14.5. The van der Waals surface area contributed by atoms with Crippen LogP contribution in [0.4, 0.5) is 4.79 Å². The Kier molecular flexibility index (Phi) is 6.09. The largest absolute Gasteiger partial charge is 0.350 e. The van der Waals surface area contributed by atoms with Gasteiger partial charge in [-0.1, -0.05) is 43.5 Å². The first kappa shape index (κ1) is 20.8. The maximum Gasteiger partial charge on any atom is 0.327 e. The number of nitrogens with zero attached hydrogens (tertiary/aromatic N) is 3. The maximum atomic E-state index is 13.0. The third kappa shape index (κ3) is 4.08. The second kappa shape index (κ2) is 8.76. The van der Waals surface area contributed by atoms with Crippen molar-refractivity contribution in [2.75, 3.05) is 26.7 Å². The fourth-order valence-corrected chi connectivity index (χ4v) is 5.11. The van der Waals surface area contributed by atoms with Gasteiger partial charge in [-0.3, -0.25) is 19.4 Å². The molecule has 1 spiro atoms. The van der Waals surface area contributed by atoms with E-state index >= 15 is 0 Å². The standard InChI is InChI=1S/C23H32N4O3/c1-25-22(30)27(21(29)23(25)10-3-2-4-11-23)17-20(28)24-15-18-8-7-9-19(14-18)16-26-12-5-6-13-26/h7-9,14H,2-6,10-13,15-17H2,1H3,(H,24,28). The average molecular weight is 413 g/mol. The van der Waals surface area contributed by atoms with Crippen molar-refractivity contribution in [1.82, 2.24) is 20.0 Å². The lowest BCUT2D eigenvalue weighted by molar-refractivity contribution is -0.137. The Labute approximate surface area is 178 Å². The lowest BCUT2D eigenvalue weighted by atomic mass is 9.81. The molecule has 2 heterocycles. The van der Waals surface area contributed by atoms with Crippen LogP contribution in [0.3, 0.4) is 0 Å². The summed E-state index contributed by atoms with van der Waals surface area (Å²) in [7, 11) is 1.69. The summed E-state index contributed by atoms with van der Waals surface area (Å²) < 4.78 is 0. The Balaban J connectivity index is 1.32. The topological polar surface area (TPSA) is 73.0 Å². The third-order valence-corrected chi connectivity index (χ3v) is 6.87. The van der Waals surface area contributed by atoms with E-state index in [4.69, 9.17) is 0 Å². The van der Waals surface area contributed by atoms with Gasteiger partial charge in [0.2, 0.25) is 5.91 Å². The highest BCUT2D eigenvalue weighted by Crippen LogP contribution is 2.39. The molecule has 2 saturated heterocycles. The van der Waals surface area contributed by atoms with E-state index in [1.54, 1.807) is 11.9 Å². The average Bonchev–Trinajstić information content (AvgIpc) is 3.32. The third-order valence-electron chi connectivity index (χ3n) is 6.87. The van der Waals surface area contributed by atoms with Crippen LogP contribution in [0.5, 0.6) is 0 Å². The van der Waals surface area contributed by atoms with E-state index in [0.29, 0.717) is 19.4 Å². The van der Waals surface area contributed by atoms with Crippen LogP contribution in [-0.2, 0) is 22.7 Å². The number of likely N-dealkylation sites (N-methyl/N-ethyl adjacent to an activating group) is 1. The number of likely N-dealkylation sites (tertiary alicyclic amines) is 1. The van der Waals surface area contributed by atoms with Crippen molar-refractivity contribution in [3.8, 4) is 0 Å². The van der Waals surface area contributed by atoms with Crippen molar-refractivity contribution in [1.29, 1.82) is 0 Å². The van der Waals surface area contributed by atoms with Gasteiger partial charge in [0.1, 0.15) is 12.1 Å². The molecule has 1 aromatic rings. The van der Waals surface area contributed by atoms with Crippen molar-refractivity contribution >= 4 is 17.8 Å². The van der Waals surface area contributed by atoms with Crippen molar-refractivity contribution in [2.24, 2.45) is 0 Å². The molecule has 30 heavy (non-hydrogen) atoms. The van der Waals surface area contributed by atoms with Gasteiger partial charge in [-0.15, -0.1) is 0 Å². The second-order valence-corrected chi connectivity index (χ2v) is 8.91. The van der Waals surface area contributed by atoms with Crippen molar-refractivity contribution in [2.45, 2.75) is 63.6 Å². The molecule has 7 heteroatoms. The van der Waals surface area contributed by atoms with Gasteiger partial charge in [-0.25, -0.2) is 4.79 Å². The summed E-state index contributed by atoms with van der Waals surface area (Å²) in [6, 6.07) is 7.89. The highest BCUT2D eigenvalue weighted by atomic mass is 16.2. The zero-order valence-corrected chi connectivity index (χ0v) is 17.9. The van der Waals surface area contributed by atoms with Gasteiger partial charge in [0.15, 0.2) is 0 Å². The molecule has 3 aliphatic rings. The molecule has 7 nitrogen and oxygen atoms in total. The van der Waals surface area contributed by atoms with E-state index in [9.17, 15) is 14.4 Å². The van der Waals surface area contributed by atoms with Crippen LogP contribution in [0.1, 0.15) is 56.1 Å². The maximum absolute atomic E-state index is 13.0. The Morgan fingerprint density at radius 3 is 2.47 bits per heavy atom. The molecule has 0 radical (unpaired) electrons. The Hall–Kier alpha value is -2.41. The zero-order chi connectivity index (χ0) is 21.1. The summed E-state index contributed by atoms with van der Waals surface area (Å²) in [5.74, 6) is -0.514. The molecule has 0 atom stereocenters. The number of benzene rings is 1. The van der Waals surface area contributed by atoms with Crippen LogP contribution >= 0.6 is 0 Å². The smallest absolute Gasteiger partial charge is 0.327 e. The van der Waals surface area contributed by atoms with E-state index in [-0.39, 0.29) is 24.4 Å². The van der Waals surface area contributed by atoms with Crippen LogP contribution < -0.4 is 5.32 Å². The van der Waals surface area contributed by atoms with Crippen LogP contribution in [0, 0.1) is 0 Å². The number of amides is 4. The number of urea groups is 1. The first-order valence-corrected chi connectivity index (χ1v) is 11.2. The summed E-state index contributed by atoms with van der Waals surface area (Å²) >= 11 is 0. The van der Waals surface area contributed by atoms with Gasteiger partial charge in [0.25, 0.3) is 5.91 Å². The number of imide groups is 1. The highest BCUT2D eigenvalue weighted by Gasteiger charge is 2.55. The number of carbonyl (C=O) groups is 3. The molecule has 2 aliphatic heterocycles. The van der Waals surface area contributed by atoms with Crippen LogP contribution in [-0.4, -0.2) is 64.8 Å². The van der Waals surface area contributed by atoms with Crippen LogP contribution in [0.15, 0.2) is 24.3 Å². The molecular weight excluding hydrogens is 380 g/mol. The minimum absolute atomic E-state index is 0.211. The van der Waals surface area contributed by atoms with E-state index in [0.717, 1.165) is 49.4 Å². The number of hydrogen-bond donors (Lipinski definition) is 1. The molecule has 4 rings (SSSR count). The quantitative estimate of drug-likeness (QED) is 0.729. The normalized spacial score (nSPS) is 21.6. The lowest BCUT2D eigenvalue weighted by Gasteiger charge is -2.35. The summed E-state index contributed by atoms with van der Waals surface area (Å²) in [5.41, 5.74) is 1.54. The SMILES string of the molecule is CN1C(=O)N(CC(=O)NCc2cccc(CN3CCCC3)c2)C(=O)C12CCCCC2. The van der Waals surface area contributed by atoms with Gasteiger partial charge in [0.05, 0.1) is 0 Å². The van der Waals surface area contributed by atoms with E-state index in [1.807, 2.05) is 12.1 Å². The number of carbonyl (C=O) groups excluding carboxylic acids is 3. The molecule has 0 aromatic heterocycles. The summed E-state index contributed by atoms with van der Waals surface area (Å²) in [6.07, 6.45) is 6.88. The monoisotopic (exact) mass is 412 g/mol. The van der Waals surface area contributed by atoms with E-state index in [2.05, 4.69) is 22.3 Å². The summed E-state index contributed by atoms with van der Waals surface area (Å²) in [5, 5.41) is 2.88. The van der Waals surface area contributed by atoms with E-state index < -0.39 is 5.54 Å². The Morgan fingerprint density at radius 2 is 1.73 bits per heavy atom. The van der Waals surface area contributed by atoms with Gasteiger partial charge in [0, 0.05) is 20.1 Å². The zero-order valence-electron chi connectivity index (χ0n) is 17.9. The van der Waals surface area contributed by atoms with Gasteiger partial charge in [-0.2, -0.15) is 0 Å². The number of hydrogen-bond acceptors (Lipinski definition) is 4. The molecule has 1 N–H and O–H groups in total. The number of nitrogens with one attached hydrogen (secondary N) is 1. The lowest BCUT2D eigenvalue weighted by Crippen LogP contribution is -2.49. The number of rotatable bonds is 6. The summed E-state index contributed by atoms with van der Waals surface area (Å²) in [4.78, 5) is 43.3. The predicted molar refractivity (Wildman–Crippen MR) is 113 cm³/mol. The molecular formula is C23H32N4O3. The van der Waals surface area contributed by atoms with Crippen molar-refractivity contribution in [3.63, 3.8) is 0 Å². The minimum atomic E-state index is -0.737. The second-order valence-electron chi connectivity index (χ2n) is 8.91. The van der Waals surface area contributed by atoms with Gasteiger partial charge < -0.3 is 10.2 Å². The van der Waals surface area contributed by atoms with Crippen LogP contribution in [0.2, 0.25) is 0 Å². The van der Waals surface area contributed by atoms with Crippen LogP contribution in [0.25, 0.3) is 0 Å². The highest BCUT2D eigenvalue weighted by molar-refractivity contribution is 6.08. The molecule has 4 amide bonds. The Bertz CT molecular complexity index is 812. The van der Waals surface area contributed by atoms with Crippen molar-refractivity contribution in [3.05, 3.63) is 35.4 Å². The minimum Gasteiger partial charge on any atom is -0.350 e. The first-order valence-electron chi connectivity index (χ1n) is 11.2. The molecule has 0 bridgehead atoms.